The molecule has 0 bridgehead atoms. The summed E-state index contributed by atoms with van der Waals surface area (Å²) in [6.45, 7) is 0.731. The summed E-state index contributed by atoms with van der Waals surface area (Å²) in [7, 11) is 0. The van der Waals surface area contributed by atoms with Gasteiger partial charge in [-0.3, -0.25) is 0 Å². The van der Waals surface area contributed by atoms with Gasteiger partial charge in [-0.25, -0.2) is 4.39 Å². The van der Waals surface area contributed by atoms with E-state index in [1.807, 2.05) is 18.2 Å². The van der Waals surface area contributed by atoms with E-state index in [4.69, 9.17) is 5.26 Å². The lowest BCUT2D eigenvalue weighted by Gasteiger charge is -2.30. The first-order valence-electron chi connectivity index (χ1n) is 6.30. The number of nitrogens with zero attached hydrogens (tertiary/aromatic N) is 1. The highest BCUT2D eigenvalue weighted by Crippen LogP contribution is 2.35. The molecule has 0 fully saturated rings. The van der Waals surface area contributed by atoms with Gasteiger partial charge in [0.25, 0.3) is 0 Å². The summed E-state index contributed by atoms with van der Waals surface area (Å²) < 4.78 is 13.4. The average molecular weight is 252 g/mol. The van der Waals surface area contributed by atoms with Gasteiger partial charge in [0.15, 0.2) is 0 Å². The van der Waals surface area contributed by atoms with E-state index in [2.05, 4.69) is 17.4 Å². The number of nitriles is 1. The fraction of sp³-hybridized carbons (Fsp3) is 0.188. The second kappa shape index (κ2) is 4.74. The zero-order chi connectivity index (χ0) is 13.2. The van der Waals surface area contributed by atoms with E-state index in [1.54, 1.807) is 12.1 Å². The lowest BCUT2D eigenvalue weighted by atomic mass is 9.77. The Bertz CT molecular complexity index is 658. The number of hydrogen-bond donors (Lipinski definition) is 1. The van der Waals surface area contributed by atoms with Crippen molar-refractivity contribution < 1.29 is 4.39 Å². The molecular weight excluding hydrogens is 239 g/mol. The molecule has 1 N–H and O–H groups in total. The Morgan fingerprint density at radius 1 is 1.21 bits per heavy atom. The molecule has 0 spiro atoms. The molecule has 94 valence electrons. The zero-order valence-electron chi connectivity index (χ0n) is 10.4. The first-order valence-corrected chi connectivity index (χ1v) is 6.30. The summed E-state index contributed by atoms with van der Waals surface area (Å²) in [6, 6.07) is 14.9. The minimum absolute atomic E-state index is 0.0927. The van der Waals surface area contributed by atoms with Crippen LogP contribution in [-0.4, -0.2) is 6.54 Å². The molecule has 19 heavy (non-hydrogen) atoms. The number of fused-ring (bicyclic) bond motifs is 1. The normalized spacial score (nSPS) is 16.1. The number of anilines is 1. The van der Waals surface area contributed by atoms with Crippen LogP contribution in [0.2, 0.25) is 0 Å². The number of nitrogens with one attached hydrogen (secondary N) is 1. The molecule has 3 rings (SSSR count). The molecule has 3 heteroatoms. The second-order valence-electron chi connectivity index (χ2n) is 4.75. The Morgan fingerprint density at radius 2 is 2.05 bits per heavy atom. The predicted octanol–water partition coefficient (Wildman–Crippen LogP) is 3.45. The van der Waals surface area contributed by atoms with Crippen molar-refractivity contribution in [2.75, 3.05) is 11.9 Å². The largest absolute Gasteiger partial charge is 0.383 e. The van der Waals surface area contributed by atoms with Gasteiger partial charge in [0.2, 0.25) is 0 Å². The summed E-state index contributed by atoms with van der Waals surface area (Å²) in [4.78, 5) is 0. The van der Waals surface area contributed by atoms with Crippen LogP contribution in [-0.2, 0) is 6.42 Å². The van der Waals surface area contributed by atoms with Crippen LogP contribution >= 0.6 is 0 Å². The molecule has 0 heterocycles. The van der Waals surface area contributed by atoms with E-state index < -0.39 is 5.82 Å². The first-order chi connectivity index (χ1) is 9.29. The molecule has 0 saturated heterocycles. The van der Waals surface area contributed by atoms with Gasteiger partial charge in [-0.1, -0.05) is 30.3 Å². The molecule has 1 atom stereocenters. The van der Waals surface area contributed by atoms with E-state index >= 15 is 0 Å². The van der Waals surface area contributed by atoms with Crippen molar-refractivity contribution in [2.45, 2.75) is 12.3 Å². The Balaban J connectivity index is 1.72. The zero-order valence-corrected chi connectivity index (χ0v) is 10.4. The Morgan fingerprint density at radius 3 is 2.84 bits per heavy atom. The smallest absolute Gasteiger partial charge is 0.143 e. The monoisotopic (exact) mass is 252 g/mol. The highest BCUT2D eigenvalue weighted by Gasteiger charge is 2.25. The molecule has 2 aromatic carbocycles. The van der Waals surface area contributed by atoms with E-state index in [0.29, 0.717) is 11.6 Å². The van der Waals surface area contributed by atoms with Gasteiger partial charge < -0.3 is 5.32 Å². The van der Waals surface area contributed by atoms with Crippen LogP contribution in [0, 0.1) is 17.1 Å². The Kier molecular flexibility index (Phi) is 2.92. The van der Waals surface area contributed by atoms with Crippen LogP contribution in [0.3, 0.4) is 0 Å². The van der Waals surface area contributed by atoms with Crippen molar-refractivity contribution in [2.24, 2.45) is 0 Å². The molecule has 0 radical (unpaired) electrons. The number of benzene rings is 2. The van der Waals surface area contributed by atoms with Crippen LogP contribution in [0.15, 0.2) is 42.5 Å². The third-order valence-electron chi connectivity index (χ3n) is 3.63. The minimum Gasteiger partial charge on any atom is -0.383 e. The van der Waals surface area contributed by atoms with Gasteiger partial charge in [-0.05, 0) is 29.7 Å². The molecule has 0 amide bonds. The predicted molar refractivity (Wildman–Crippen MR) is 72.5 cm³/mol. The van der Waals surface area contributed by atoms with Gasteiger partial charge in [0.1, 0.15) is 17.4 Å². The first kappa shape index (κ1) is 11.7. The molecule has 0 aromatic heterocycles. The van der Waals surface area contributed by atoms with E-state index in [0.717, 1.165) is 13.0 Å². The van der Waals surface area contributed by atoms with Gasteiger partial charge in [0.05, 0.1) is 5.69 Å². The molecule has 0 aliphatic heterocycles. The van der Waals surface area contributed by atoms with Crippen LogP contribution in [0.1, 0.15) is 22.6 Å². The fourth-order valence-corrected chi connectivity index (χ4v) is 2.56. The Hall–Kier alpha value is -2.34. The average Bonchev–Trinajstić information content (AvgIpc) is 2.40. The summed E-state index contributed by atoms with van der Waals surface area (Å²) in [5.41, 5.74) is 3.40. The maximum absolute atomic E-state index is 13.4. The van der Waals surface area contributed by atoms with Crippen molar-refractivity contribution in [3.05, 3.63) is 65.0 Å². The lowest BCUT2D eigenvalue weighted by molar-refractivity contribution is 0.620. The topological polar surface area (TPSA) is 35.8 Å². The number of rotatable bonds is 3. The molecular formula is C16H13FN2. The quantitative estimate of drug-likeness (QED) is 0.908. The fourth-order valence-electron chi connectivity index (χ4n) is 2.56. The van der Waals surface area contributed by atoms with Gasteiger partial charge in [0, 0.05) is 12.5 Å². The van der Waals surface area contributed by atoms with Gasteiger partial charge >= 0.3 is 0 Å². The van der Waals surface area contributed by atoms with Gasteiger partial charge in [-0.15, -0.1) is 0 Å². The van der Waals surface area contributed by atoms with Crippen molar-refractivity contribution >= 4 is 5.69 Å². The molecule has 1 aliphatic carbocycles. The van der Waals surface area contributed by atoms with Crippen molar-refractivity contribution in [3.8, 4) is 6.07 Å². The summed E-state index contributed by atoms with van der Waals surface area (Å²) in [6.07, 6.45) is 1.04. The van der Waals surface area contributed by atoms with E-state index in [9.17, 15) is 4.39 Å². The van der Waals surface area contributed by atoms with Crippen molar-refractivity contribution in [1.82, 2.24) is 0 Å². The summed E-state index contributed by atoms with van der Waals surface area (Å²) in [5, 5.41) is 12.1. The van der Waals surface area contributed by atoms with E-state index in [1.165, 1.54) is 17.2 Å². The molecule has 1 unspecified atom stereocenters. The summed E-state index contributed by atoms with van der Waals surface area (Å²) in [5.74, 6) is -0.0208. The van der Waals surface area contributed by atoms with Crippen LogP contribution in [0.25, 0.3) is 0 Å². The Labute approximate surface area is 111 Å². The molecule has 1 aliphatic rings. The highest BCUT2D eigenvalue weighted by atomic mass is 19.1. The third-order valence-corrected chi connectivity index (χ3v) is 3.63. The molecule has 0 saturated carbocycles. The minimum atomic E-state index is -0.471. The maximum Gasteiger partial charge on any atom is 0.143 e. The standard InChI is InChI=1S/C16H13FN2/c17-15-6-3-7-16(14(15)9-18)19-10-12-8-11-4-1-2-5-13(11)12/h1-7,12,19H,8,10H2. The van der Waals surface area contributed by atoms with Crippen molar-refractivity contribution in [3.63, 3.8) is 0 Å². The second-order valence-corrected chi connectivity index (χ2v) is 4.75. The van der Waals surface area contributed by atoms with Crippen LogP contribution in [0.4, 0.5) is 10.1 Å². The number of halogens is 1. The highest BCUT2D eigenvalue weighted by molar-refractivity contribution is 5.58. The lowest BCUT2D eigenvalue weighted by Crippen LogP contribution is -2.24. The molecule has 2 nitrogen and oxygen atoms in total. The maximum atomic E-state index is 13.4. The number of hydrogen-bond acceptors (Lipinski definition) is 2. The van der Waals surface area contributed by atoms with Crippen LogP contribution < -0.4 is 5.32 Å². The van der Waals surface area contributed by atoms with Gasteiger partial charge in [-0.2, -0.15) is 5.26 Å². The molecule has 2 aromatic rings. The SMILES string of the molecule is N#Cc1c(F)cccc1NCC1Cc2ccccc21. The third kappa shape index (κ3) is 2.06. The van der Waals surface area contributed by atoms with Crippen LogP contribution in [0.5, 0.6) is 0 Å². The van der Waals surface area contributed by atoms with Crippen molar-refractivity contribution in [1.29, 1.82) is 5.26 Å². The van der Waals surface area contributed by atoms with E-state index in [-0.39, 0.29) is 5.56 Å². The summed E-state index contributed by atoms with van der Waals surface area (Å²) >= 11 is 0.